The molecule has 0 saturated carbocycles. The number of carbonyl (C=O) groups is 1. The highest BCUT2D eigenvalue weighted by molar-refractivity contribution is 9.10. The van der Waals surface area contributed by atoms with Crippen LogP contribution in [0.5, 0.6) is 0 Å². The highest BCUT2D eigenvalue weighted by atomic mass is 79.9. The SMILES string of the molecule is O=C(Nc1cccc(Br)c1)C1CCN(CC(F)(F)F)CC1. The summed E-state index contributed by atoms with van der Waals surface area (Å²) in [5.74, 6) is -0.353. The summed E-state index contributed by atoms with van der Waals surface area (Å²) < 4.78 is 37.7. The van der Waals surface area contributed by atoms with E-state index in [4.69, 9.17) is 0 Å². The Kier molecular flexibility index (Phi) is 5.27. The highest BCUT2D eigenvalue weighted by Gasteiger charge is 2.33. The molecule has 1 N–H and O–H groups in total. The summed E-state index contributed by atoms with van der Waals surface area (Å²) in [6.45, 7) is -0.293. The summed E-state index contributed by atoms with van der Waals surface area (Å²) in [7, 11) is 0. The van der Waals surface area contributed by atoms with Gasteiger partial charge in [0, 0.05) is 16.1 Å². The number of carbonyl (C=O) groups excluding carboxylic acids is 1. The third kappa shape index (κ3) is 5.32. The molecule has 0 aliphatic carbocycles. The van der Waals surface area contributed by atoms with Crippen molar-refractivity contribution in [3.8, 4) is 0 Å². The van der Waals surface area contributed by atoms with Gasteiger partial charge in [0.2, 0.25) is 5.91 Å². The van der Waals surface area contributed by atoms with Crippen LogP contribution in [0.15, 0.2) is 28.7 Å². The van der Waals surface area contributed by atoms with Crippen LogP contribution in [-0.4, -0.2) is 36.6 Å². The van der Waals surface area contributed by atoms with Crippen LogP contribution in [0.2, 0.25) is 0 Å². The standard InChI is InChI=1S/C14H16BrF3N2O/c15-11-2-1-3-12(8-11)19-13(21)10-4-6-20(7-5-10)9-14(16,17)18/h1-3,8,10H,4-7,9H2,(H,19,21). The predicted molar refractivity (Wildman–Crippen MR) is 78.0 cm³/mol. The Morgan fingerprint density at radius 1 is 1.33 bits per heavy atom. The summed E-state index contributed by atoms with van der Waals surface area (Å²) in [6, 6.07) is 7.23. The second-order valence-corrected chi connectivity index (χ2v) is 6.08. The van der Waals surface area contributed by atoms with Crippen molar-refractivity contribution in [1.29, 1.82) is 0 Å². The number of rotatable bonds is 3. The first-order valence-corrected chi connectivity index (χ1v) is 7.48. The first-order chi connectivity index (χ1) is 9.83. The highest BCUT2D eigenvalue weighted by Crippen LogP contribution is 2.24. The average Bonchev–Trinajstić information content (AvgIpc) is 2.37. The lowest BCUT2D eigenvalue weighted by Gasteiger charge is -2.31. The van der Waals surface area contributed by atoms with Crippen LogP contribution in [-0.2, 0) is 4.79 Å². The maximum absolute atomic E-state index is 12.3. The number of amides is 1. The molecule has 0 aromatic heterocycles. The van der Waals surface area contributed by atoms with Crippen LogP contribution in [0.1, 0.15) is 12.8 Å². The molecule has 0 unspecified atom stereocenters. The van der Waals surface area contributed by atoms with E-state index in [2.05, 4.69) is 21.2 Å². The lowest BCUT2D eigenvalue weighted by atomic mass is 9.96. The van der Waals surface area contributed by atoms with E-state index in [-0.39, 0.29) is 11.8 Å². The molecular weight excluding hydrogens is 349 g/mol. The average molecular weight is 365 g/mol. The Labute approximate surface area is 129 Å². The van der Waals surface area contributed by atoms with Crippen molar-refractivity contribution in [3.05, 3.63) is 28.7 Å². The van der Waals surface area contributed by atoms with Gasteiger partial charge in [-0.2, -0.15) is 13.2 Å². The topological polar surface area (TPSA) is 32.3 Å². The van der Waals surface area contributed by atoms with E-state index in [1.54, 1.807) is 12.1 Å². The molecule has 3 nitrogen and oxygen atoms in total. The van der Waals surface area contributed by atoms with Crippen molar-refractivity contribution in [2.24, 2.45) is 5.92 Å². The van der Waals surface area contributed by atoms with Crippen molar-refractivity contribution < 1.29 is 18.0 Å². The van der Waals surface area contributed by atoms with E-state index in [0.717, 1.165) is 4.47 Å². The second kappa shape index (κ2) is 6.79. The summed E-state index contributed by atoms with van der Waals surface area (Å²) >= 11 is 3.32. The Balaban J connectivity index is 1.83. The zero-order chi connectivity index (χ0) is 15.5. The van der Waals surface area contributed by atoms with Gasteiger partial charge in [0.05, 0.1) is 6.54 Å². The smallest absolute Gasteiger partial charge is 0.326 e. The van der Waals surface area contributed by atoms with Crippen molar-refractivity contribution in [2.75, 3.05) is 25.0 Å². The number of benzene rings is 1. The van der Waals surface area contributed by atoms with Crippen LogP contribution in [0.25, 0.3) is 0 Å². The molecule has 1 aliphatic heterocycles. The predicted octanol–water partition coefficient (Wildman–Crippen LogP) is 3.66. The largest absolute Gasteiger partial charge is 0.401 e. The minimum absolute atomic E-state index is 0.125. The Hall–Kier alpha value is -1.08. The van der Waals surface area contributed by atoms with Gasteiger partial charge in [-0.15, -0.1) is 0 Å². The zero-order valence-corrected chi connectivity index (χ0v) is 12.9. The lowest BCUT2D eigenvalue weighted by molar-refractivity contribution is -0.149. The van der Waals surface area contributed by atoms with Crippen molar-refractivity contribution in [1.82, 2.24) is 4.90 Å². The Morgan fingerprint density at radius 2 is 2.00 bits per heavy atom. The molecule has 0 atom stereocenters. The van der Waals surface area contributed by atoms with E-state index in [9.17, 15) is 18.0 Å². The third-order valence-corrected chi connectivity index (χ3v) is 3.95. The number of hydrogen-bond acceptors (Lipinski definition) is 2. The Bertz CT molecular complexity index is 499. The van der Waals surface area contributed by atoms with Crippen LogP contribution in [0.4, 0.5) is 18.9 Å². The molecule has 1 heterocycles. The number of piperidine rings is 1. The number of nitrogens with zero attached hydrogens (tertiary/aromatic N) is 1. The summed E-state index contributed by atoms with van der Waals surface area (Å²) in [5.41, 5.74) is 0.687. The van der Waals surface area contributed by atoms with E-state index in [1.165, 1.54) is 4.90 Å². The molecule has 1 aliphatic rings. The molecule has 116 valence electrons. The van der Waals surface area contributed by atoms with E-state index >= 15 is 0 Å². The van der Waals surface area contributed by atoms with Gasteiger partial charge < -0.3 is 5.32 Å². The number of hydrogen-bond donors (Lipinski definition) is 1. The van der Waals surface area contributed by atoms with Gasteiger partial charge in [0.15, 0.2) is 0 Å². The number of anilines is 1. The number of nitrogens with one attached hydrogen (secondary N) is 1. The van der Waals surface area contributed by atoms with Gasteiger partial charge in [0.1, 0.15) is 0 Å². The summed E-state index contributed by atoms with van der Waals surface area (Å²) in [4.78, 5) is 13.5. The fourth-order valence-corrected chi connectivity index (χ4v) is 2.82. The molecule has 0 spiro atoms. The van der Waals surface area contributed by atoms with E-state index in [0.29, 0.717) is 31.6 Å². The maximum Gasteiger partial charge on any atom is 0.401 e. The van der Waals surface area contributed by atoms with E-state index in [1.807, 2.05) is 12.1 Å². The van der Waals surface area contributed by atoms with Gasteiger partial charge in [-0.3, -0.25) is 9.69 Å². The van der Waals surface area contributed by atoms with Crippen LogP contribution in [0, 0.1) is 5.92 Å². The minimum atomic E-state index is -4.18. The Morgan fingerprint density at radius 3 is 2.57 bits per heavy atom. The normalized spacial score (nSPS) is 17.7. The molecule has 1 aromatic rings. The molecule has 21 heavy (non-hydrogen) atoms. The molecule has 1 aromatic carbocycles. The molecule has 2 rings (SSSR count). The molecule has 7 heteroatoms. The van der Waals surface area contributed by atoms with Crippen LogP contribution >= 0.6 is 15.9 Å². The summed E-state index contributed by atoms with van der Waals surface area (Å²) in [5, 5.41) is 2.81. The zero-order valence-electron chi connectivity index (χ0n) is 11.3. The minimum Gasteiger partial charge on any atom is -0.326 e. The quantitative estimate of drug-likeness (QED) is 0.887. The maximum atomic E-state index is 12.3. The third-order valence-electron chi connectivity index (χ3n) is 3.45. The molecule has 0 bridgehead atoms. The second-order valence-electron chi connectivity index (χ2n) is 5.17. The van der Waals surface area contributed by atoms with Gasteiger partial charge in [-0.05, 0) is 44.1 Å². The number of alkyl halides is 3. The summed E-state index contributed by atoms with van der Waals surface area (Å²) in [6.07, 6.45) is -3.27. The van der Waals surface area contributed by atoms with Crippen molar-refractivity contribution >= 4 is 27.5 Å². The number of halogens is 4. The fourth-order valence-electron chi connectivity index (χ4n) is 2.42. The fraction of sp³-hybridized carbons (Fsp3) is 0.500. The first-order valence-electron chi connectivity index (χ1n) is 6.69. The first kappa shape index (κ1) is 16.3. The van der Waals surface area contributed by atoms with Gasteiger partial charge >= 0.3 is 6.18 Å². The molecular formula is C14H16BrF3N2O. The van der Waals surface area contributed by atoms with Crippen molar-refractivity contribution in [3.63, 3.8) is 0 Å². The van der Waals surface area contributed by atoms with E-state index < -0.39 is 12.7 Å². The van der Waals surface area contributed by atoms with Crippen molar-refractivity contribution in [2.45, 2.75) is 19.0 Å². The number of likely N-dealkylation sites (tertiary alicyclic amines) is 1. The molecule has 1 amide bonds. The van der Waals surface area contributed by atoms with Gasteiger partial charge in [0.25, 0.3) is 0 Å². The van der Waals surface area contributed by atoms with Gasteiger partial charge in [-0.1, -0.05) is 22.0 Å². The lowest BCUT2D eigenvalue weighted by Crippen LogP contribution is -2.42. The molecule has 1 fully saturated rings. The molecule has 1 saturated heterocycles. The van der Waals surface area contributed by atoms with Crippen LogP contribution < -0.4 is 5.32 Å². The van der Waals surface area contributed by atoms with Gasteiger partial charge in [-0.25, -0.2) is 0 Å². The van der Waals surface area contributed by atoms with Crippen LogP contribution in [0.3, 0.4) is 0 Å². The molecule has 0 radical (unpaired) electrons. The monoisotopic (exact) mass is 364 g/mol.